The second kappa shape index (κ2) is 4.40. The zero-order chi connectivity index (χ0) is 11.5. The molecule has 0 radical (unpaired) electrons. The largest absolute Gasteiger partial charge is 0.491 e. The Morgan fingerprint density at radius 1 is 1.31 bits per heavy atom. The minimum atomic E-state index is 0.442. The number of H-pyrrole nitrogens is 1. The van der Waals surface area contributed by atoms with Gasteiger partial charge < -0.3 is 9.72 Å². The van der Waals surface area contributed by atoms with Crippen molar-refractivity contribution in [2.45, 2.75) is 6.92 Å². The molecular formula is C11H11N3OS. The molecule has 0 saturated carbocycles. The number of aryl methyl sites for hydroxylation is 1. The van der Waals surface area contributed by atoms with Crippen LogP contribution in [0.25, 0.3) is 11.3 Å². The molecule has 0 unspecified atom stereocenters. The van der Waals surface area contributed by atoms with Crippen LogP contribution >= 0.6 is 12.2 Å². The topological polar surface area (TPSA) is 50.8 Å². The predicted molar refractivity (Wildman–Crippen MR) is 63.9 cm³/mol. The number of ether oxygens (including phenoxy) is 1. The van der Waals surface area contributed by atoms with Crippen molar-refractivity contribution in [2.24, 2.45) is 0 Å². The van der Waals surface area contributed by atoms with Gasteiger partial charge in [0.05, 0.1) is 19.1 Å². The molecular weight excluding hydrogens is 222 g/mol. The van der Waals surface area contributed by atoms with Crippen LogP contribution in [0.1, 0.15) is 5.69 Å². The number of rotatable bonds is 2. The Balaban J connectivity index is 2.60. The van der Waals surface area contributed by atoms with Gasteiger partial charge in [0.25, 0.3) is 0 Å². The number of hydrogen-bond acceptors (Lipinski definition) is 4. The van der Waals surface area contributed by atoms with E-state index in [4.69, 9.17) is 17.0 Å². The molecule has 16 heavy (non-hydrogen) atoms. The lowest BCUT2D eigenvalue weighted by Gasteiger charge is -2.07. The van der Waals surface area contributed by atoms with Crippen LogP contribution in [-0.2, 0) is 0 Å². The molecule has 0 spiro atoms. The lowest BCUT2D eigenvalue weighted by Crippen LogP contribution is -1.94. The summed E-state index contributed by atoms with van der Waals surface area (Å²) in [7, 11) is 1.58. The Kier molecular flexibility index (Phi) is 2.96. The smallest absolute Gasteiger partial charge is 0.179 e. The van der Waals surface area contributed by atoms with Crippen LogP contribution in [0.15, 0.2) is 24.7 Å². The summed E-state index contributed by atoms with van der Waals surface area (Å²) in [6, 6.07) is 3.90. The van der Waals surface area contributed by atoms with E-state index in [0.29, 0.717) is 10.4 Å². The summed E-state index contributed by atoms with van der Waals surface area (Å²) in [5.41, 5.74) is 2.70. The van der Waals surface area contributed by atoms with E-state index in [1.165, 1.54) is 0 Å². The summed E-state index contributed by atoms with van der Waals surface area (Å²) in [5, 5.41) is 0. The highest BCUT2D eigenvalue weighted by molar-refractivity contribution is 7.71. The van der Waals surface area contributed by atoms with Crippen LogP contribution in [0.3, 0.4) is 0 Å². The third-order valence-corrected chi connectivity index (χ3v) is 2.51. The molecule has 0 bridgehead atoms. The zero-order valence-electron chi connectivity index (χ0n) is 9.02. The van der Waals surface area contributed by atoms with Crippen molar-refractivity contribution in [3.8, 4) is 17.0 Å². The van der Waals surface area contributed by atoms with E-state index in [9.17, 15) is 0 Å². The Morgan fingerprint density at radius 2 is 2.12 bits per heavy atom. The number of nitrogens with one attached hydrogen (secondary N) is 1. The second-order valence-electron chi connectivity index (χ2n) is 3.30. The van der Waals surface area contributed by atoms with Crippen molar-refractivity contribution in [1.29, 1.82) is 0 Å². The Labute approximate surface area is 98.3 Å². The van der Waals surface area contributed by atoms with Gasteiger partial charge in [-0.15, -0.1) is 0 Å². The lowest BCUT2D eigenvalue weighted by molar-refractivity contribution is 0.411. The van der Waals surface area contributed by atoms with Gasteiger partial charge in [-0.25, -0.2) is 4.98 Å². The maximum atomic E-state index is 5.24. The van der Waals surface area contributed by atoms with Crippen LogP contribution in [0, 0.1) is 11.6 Å². The summed E-state index contributed by atoms with van der Waals surface area (Å²) >= 11 is 5.09. The Morgan fingerprint density at radius 3 is 2.75 bits per heavy atom. The van der Waals surface area contributed by atoms with E-state index in [1.807, 2.05) is 19.1 Å². The normalized spacial score (nSPS) is 10.1. The summed E-state index contributed by atoms with van der Waals surface area (Å²) in [6.45, 7) is 1.94. The molecule has 5 heteroatoms. The van der Waals surface area contributed by atoms with E-state index in [0.717, 1.165) is 17.0 Å². The van der Waals surface area contributed by atoms with E-state index in [-0.39, 0.29) is 0 Å². The molecule has 4 nitrogen and oxygen atoms in total. The van der Waals surface area contributed by atoms with E-state index in [2.05, 4.69) is 15.0 Å². The van der Waals surface area contributed by atoms with Crippen molar-refractivity contribution in [1.82, 2.24) is 15.0 Å². The van der Waals surface area contributed by atoms with E-state index >= 15 is 0 Å². The first-order chi connectivity index (χ1) is 7.72. The third kappa shape index (κ3) is 1.94. The van der Waals surface area contributed by atoms with Crippen LogP contribution in [0.5, 0.6) is 5.75 Å². The van der Waals surface area contributed by atoms with Gasteiger partial charge in [-0.1, -0.05) is 12.2 Å². The number of methoxy groups -OCH3 is 1. The van der Waals surface area contributed by atoms with Crippen LogP contribution < -0.4 is 4.74 Å². The van der Waals surface area contributed by atoms with Gasteiger partial charge in [-0.05, 0) is 19.1 Å². The highest BCUT2D eigenvalue weighted by Crippen LogP contribution is 2.26. The zero-order valence-corrected chi connectivity index (χ0v) is 9.84. The second-order valence-corrected chi connectivity index (χ2v) is 3.69. The number of pyridine rings is 1. The first-order valence-corrected chi connectivity index (χ1v) is 5.18. The van der Waals surface area contributed by atoms with E-state index in [1.54, 1.807) is 19.6 Å². The number of hydrogen-bond donors (Lipinski definition) is 1. The molecule has 82 valence electrons. The first kappa shape index (κ1) is 10.8. The van der Waals surface area contributed by atoms with Gasteiger partial charge in [0.2, 0.25) is 0 Å². The summed E-state index contributed by atoms with van der Waals surface area (Å²) in [4.78, 5) is 11.2. The molecule has 2 aromatic heterocycles. The summed E-state index contributed by atoms with van der Waals surface area (Å²) in [5.74, 6) is 0.572. The molecule has 0 atom stereocenters. The van der Waals surface area contributed by atoms with Crippen molar-refractivity contribution in [2.75, 3.05) is 7.11 Å². The van der Waals surface area contributed by atoms with Crippen LogP contribution in [-0.4, -0.2) is 22.1 Å². The standard InChI is InChI=1S/C11H11N3OS/c1-7-3-4-8(5-12-7)9-10(15-2)11(16)14-6-13-9/h3-6H,1-2H3,(H,13,14,16). The molecule has 0 saturated heterocycles. The monoisotopic (exact) mass is 233 g/mol. The highest BCUT2D eigenvalue weighted by atomic mass is 32.1. The number of aromatic amines is 1. The maximum Gasteiger partial charge on any atom is 0.179 e. The third-order valence-electron chi connectivity index (χ3n) is 2.22. The molecule has 0 aliphatic heterocycles. The summed E-state index contributed by atoms with van der Waals surface area (Å²) < 4.78 is 5.68. The fraction of sp³-hybridized carbons (Fsp3) is 0.182. The highest BCUT2D eigenvalue weighted by Gasteiger charge is 2.08. The fourth-order valence-electron chi connectivity index (χ4n) is 1.41. The lowest BCUT2D eigenvalue weighted by atomic mass is 10.2. The van der Waals surface area contributed by atoms with Crippen LogP contribution in [0.2, 0.25) is 0 Å². The molecule has 0 aliphatic rings. The van der Waals surface area contributed by atoms with Gasteiger partial charge in [-0.3, -0.25) is 4.98 Å². The fourth-order valence-corrected chi connectivity index (χ4v) is 1.64. The van der Waals surface area contributed by atoms with Crippen LogP contribution in [0.4, 0.5) is 0 Å². The van der Waals surface area contributed by atoms with Gasteiger partial charge >= 0.3 is 0 Å². The van der Waals surface area contributed by atoms with E-state index < -0.39 is 0 Å². The molecule has 2 heterocycles. The summed E-state index contributed by atoms with van der Waals surface area (Å²) in [6.07, 6.45) is 3.33. The maximum absolute atomic E-state index is 5.24. The molecule has 2 aromatic rings. The minimum Gasteiger partial charge on any atom is -0.491 e. The van der Waals surface area contributed by atoms with Crippen molar-refractivity contribution in [3.63, 3.8) is 0 Å². The van der Waals surface area contributed by atoms with Crippen molar-refractivity contribution in [3.05, 3.63) is 35.0 Å². The molecule has 2 rings (SSSR count). The van der Waals surface area contributed by atoms with Crippen molar-refractivity contribution >= 4 is 12.2 Å². The molecule has 0 amide bonds. The minimum absolute atomic E-state index is 0.442. The molecule has 0 fully saturated rings. The van der Waals surface area contributed by atoms with Crippen molar-refractivity contribution < 1.29 is 4.74 Å². The van der Waals surface area contributed by atoms with Gasteiger partial charge in [0.15, 0.2) is 10.4 Å². The quantitative estimate of drug-likeness (QED) is 0.810. The molecule has 0 aromatic carbocycles. The predicted octanol–water partition coefficient (Wildman–Crippen LogP) is 2.52. The van der Waals surface area contributed by atoms with Gasteiger partial charge in [0.1, 0.15) is 0 Å². The molecule has 1 N–H and O–H groups in total. The van der Waals surface area contributed by atoms with Gasteiger partial charge in [-0.2, -0.15) is 0 Å². The van der Waals surface area contributed by atoms with Gasteiger partial charge in [0, 0.05) is 17.5 Å². The molecule has 0 aliphatic carbocycles. The average molecular weight is 233 g/mol. The number of nitrogens with zero attached hydrogens (tertiary/aromatic N) is 2. The average Bonchev–Trinajstić information content (AvgIpc) is 2.30. The number of aromatic nitrogens is 3. The SMILES string of the molecule is COc1c(-c2ccc(C)nc2)[nH]cnc1=S. The first-order valence-electron chi connectivity index (χ1n) is 4.77. The Hall–Kier alpha value is -1.75. The Bertz CT molecular complexity index is 548.